The van der Waals surface area contributed by atoms with Gasteiger partial charge in [-0.3, -0.25) is 4.79 Å². The molecule has 1 heterocycles. The molecule has 1 aromatic rings. The molecule has 4 bridgehead atoms. The van der Waals surface area contributed by atoms with Gasteiger partial charge in [0.05, 0.1) is 6.10 Å². The predicted octanol–water partition coefficient (Wildman–Crippen LogP) is 3.80. The molecule has 4 aliphatic carbocycles. The van der Waals surface area contributed by atoms with E-state index in [4.69, 9.17) is 9.47 Å². The standard InChI is InChI=1S/C22H29NO3/c24-22(23-21-17-8-14-7-15(10-17)11-18(21)9-14)16-3-1-4-19(12-16)26-13-20-5-2-6-25-20/h1,3-4,12,14-15,17-18,20-21H,2,5-11,13H2,(H,23,24). The van der Waals surface area contributed by atoms with Crippen molar-refractivity contribution in [1.82, 2.24) is 5.32 Å². The molecule has 4 nitrogen and oxygen atoms in total. The molecule has 0 radical (unpaired) electrons. The van der Waals surface area contributed by atoms with E-state index in [1.807, 2.05) is 24.3 Å². The summed E-state index contributed by atoms with van der Waals surface area (Å²) in [5, 5.41) is 3.38. The van der Waals surface area contributed by atoms with E-state index in [0.717, 1.165) is 37.0 Å². The van der Waals surface area contributed by atoms with Crippen LogP contribution in [0.3, 0.4) is 0 Å². The van der Waals surface area contributed by atoms with Crippen LogP contribution in [-0.4, -0.2) is 31.3 Å². The summed E-state index contributed by atoms with van der Waals surface area (Å²) >= 11 is 0. The fraction of sp³-hybridized carbons (Fsp3) is 0.682. The van der Waals surface area contributed by atoms with E-state index >= 15 is 0 Å². The minimum Gasteiger partial charge on any atom is -0.491 e. The number of hydrogen-bond donors (Lipinski definition) is 1. The molecule has 1 aliphatic heterocycles. The monoisotopic (exact) mass is 355 g/mol. The third-order valence-electron chi connectivity index (χ3n) is 7.08. The van der Waals surface area contributed by atoms with Crippen molar-refractivity contribution in [3.05, 3.63) is 29.8 Å². The van der Waals surface area contributed by atoms with Crippen LogP contribution in [0.5, 0.6) is 5.75 Å². The number of benzene rings is 1. The minimum atomic E-state index is 0.0602. The normalized spacial score (nSPS) is 37.7. The van der Waals surface area contributed by atoms with E-state index in [-0.39, 0.29) is 12.0 Å². The molecule has 5 fully saturated rings. The molecule has 140 valence electrons. The molecular weight excluding hydrogens is 326 g/mol. The fourth-order valence-corrected chi connectivity index (χ4v) is 6.09. The first kappa shape index (κ1) is 16.6. The second kappa shape index (κ2) is 6.88. The van der Waals surface area contributed by atoms with E-state index in [0.29, 0.717) is 30.0 Å². The summed E-state index contributed by atoms with van der Waals surface area (Å²) in [5.41, 5.74) is 0.712. The van der Waals surface area contributed by atoms with Crippen molar-refractivity contribution in [3.8, 4) is 5.75 Å². The molecule has 0 aromatic heterocycles. The Labute approximate surface area is 155 Å². The average Bonchev–Trinajstić information content (AvgIpc) is 3.16. The van der Waals surface area contributed by atoms with Gasteiger partial charge in [0.1, 0.15) is 12.4 Å². The molecule has 4 heteroatoms. The van der Waals surface area contributed by atoms with Crippen molar-refractivity contribution in [1.29, 1.82) is 0 Å². The summed E-state index contributed by atoms with van der Waals surface area (Å²) in [7, 11) is 0. The summed E-state index contributed by atoms with van der Waals surface area (Å²) in [6.07, 6.45) is 9.10. The molecule has 4 saturated carbocycles. The zero-order valence-corrected chi connectivity index (χ0v) is 15.4. The van der Waals surface area contributed by atoms with Crippen LogP contribution in [0, 0.1) is 23.7 Å². The first-order valence-corrected chi connectivity index (χ1v) is 10.4. The van der Waals surface area contributed by atoms with Gasteiger partial charge in [-0.05, 0) is 86.8 Å². The number of nitrogens with one attached hydrogen (secondary N) is 1. The van der Waals surface area contributed by atoms with Crippen LogP contribution in [-0.2, 0) is 4.74 Å². The number of carbonyl (C=O) groups excluding carboxylic acids is 1. The maximum Gasteiger partial charge on any atom is 0.251 e. The zero-order chi connectivity index (χ0) is 17.5. The number of rotatable bonds is 5. The molecule has 1 saturated heterocycles. The Hall–Kier alpha value is -1.55. The van der Waals surface area contributed by atoms with Crippen molar-refractivity contribution < 1.29 is 14.3 Å². The summed E-state index contributed by atoms with van der Waals surface area (Å²) in [6, 6.07) is 7.99. The van der Waals surface area contributed by atoms with E-state index in [1.165, 1.54) is 32.1 Å². The molecule has 1 unspecified atom stereocenters. The second-order valence-corrected chi connectivity index (χ2v) is 8.90. The summed E-state index contributed by atoms with van der Waals surface area (Å²) in [5.74, 6) is 4.09. The maximum atomic E-state index is 12.9. The summed E-state index contributed by atoms with van der Waals surface area (Å²) in [6.45, 7) is 1.41. The third kappa shape index (κ3) is 3.24. The molecule has 26 heavy (non-hydrogen) atoms. The largest absolute Gasteiger partial charge is 0.491 e. The van der Waals surface area contributed by atoms with Gasteiger partial charge in [-0.2, -0.15) is 0 Å². The Kier molecular flexibility index (Phi) is 4.39. The van der Waals surface area contributed by atoms with E-state index in [1.54, 1.807) is 0 Å². The molecule has 1 atom stereocenters. The maximum absolute atomic E-state index is 12.9. The van der Waals surface area contributed by atoms with Crippen molar-refractivity contribution in [2.45, 2.75) is 57.1 Å². The van der Waals surface area contributed by atoms with Crippen LogP contribution < -0.4 is 10.1 Å². The molecule has 1 aromatic carbocycles. The van der Waals surface area contributed by atoms with Crippen LogP contribution in [0.4, 0.5) is 0 Å². The number of amides is 1. The van der Waals surface area contributed by atoms with Crippen molar-refractivity contribution >= 4 is 5.91 Å². The summed E-state index contributed by atoms with van der Waals surface area (Å²) in [4.78, 5) is 12.9. The van der Waals surface area contributed by atoms with E-state index in [2.05, 4.69) is 5.32 Å². The van der Waals surface area contributed by atoms with Crippen LogP contribution in [0.2, 0.25) is 0 Å². The number of carbonyl (C=O) groups is 1. The van der Waals surface area contributed by atoms with Gasteiger partial charge in [0.2, 0.25) is 0 Å². The van der Waals surface area contributed by atoms with E-state index in [9.17, 15) is 4.79 Å². The molecule has 1 N–H and O–H groups in total. The van der Waals surface area contributed by atoms with Crippen molar-refractivity contribution in [2.24, 2.45) is 23.7 Å². The van der Waals surface area contributed by atoms with Crippen molar-refractivity contribution in [3.63, 3.8) is 0 Å². The lowest BCUT2D eigenvalue weighted by atomic mass is 9.54. The first-order chi connectivity index (χ1) is 12.7. The first-order valence-electron chi connectivity index (χ1n) is 10.4. The summed E-state index contributed by atoms with van der Waals surface area (Å²) < 4.78 is 11.5. The Morgan fingerprint density at radius 2 is 1.88 bits per heavy atom. The van der Waals surface area contributed by atoms with Gasteiger partial charge in [0, 0.05) is 18.2 Å². The lowest BCUT2D eigenvalue weighted by molar-refractivity contribution is -0.0119. The zero-order valence-electron chi connectivity index (χ0n) is 15.4. The van der Waals surface area contributed by atoms with Gasteiger partial charge in [-0.1, -0.05) is 6.07 Å². The van der Waals surface area contributed by atoms with Gasteiger partial charge < -0.3 is 14.8 Å². The Balaban J connectivity index is 1.22. The molecule has 5 aliphatic rings. The quantitative estimate of drug-likeness (QED) is 0.874. The Bertz CT molecular complexity index is 639. The smallest absolute Gasteiger partial charge is 0.251 e. The molecular formula is C22H29NO3. The molecule has 6 rings (SSSR count). The van der Waals surface area contributed by atoms with Gasteiger partial charge in [-0.25, -0.2) is 0 Å². The van der Waals surface area contributed by atoms with Gasteiger partial charge in [0.15, 0.2) is 0 Å². The Morgan fingerprint density at radius 3 is 2.58 bits per heavy atom. The topological polar surface area (TPSA) is 47.6 Å². The highest BCUT2D eigenvalue weighted by molar-refractivity contribution is 5.94. The minimum absolute atomic E-state index is 0.0602. The molecule has 0 spiro atoms. The number of hydrogen-bond acceptors (Lipinski definition) is 3. The molecule has 1 amide bonds. The highest BCUT2D eigenvalue weighted by Gasteiger charge is 2.48. The van der Waals surface area contributed by atoms with Crippen molar-refractivity contribution in [2.75, 3.05) is 13.2 Å². The highest BCUT2D eigenvalue weighted by Crippen LogP contribution is 2.53. The van der Waals surface area contributed by atoms with Gasteiger partial charge in [-0.15, -0.1) is 0 Å². The Morgan fingerprint density at radius 1 is 1.12 bits per heavy atom. The van der Waals surface area contributed by atoms with Crippen LogP contribution in [0.15, 0.2) is 24.3 Å². The lowest BCUT2D eigenvalue weighted by Gasteiger charge is -2.54. The van der Waals surface area contributed by atoms with Crippen LogP contribution >= 0.6 is 0 Å². The van der Waals surface area contributed by atoms with Crippen LogP contribution in [0.1, 0.15) is 55.3 Å². The van der Waals surface area contributed by atoms with E-state index < -0.39 is 0 Å². The fourth-order valence-electron chi connectivity index (χ4n) is 6.09. The van der Waals surface area contributed by atoms with Crippen LogP contribution in [0.25, 0.3) is 0 Å². The number of ether oxygens (including phenoxy) is 2. The van der Waals surface area contributed by atoms with Gasteiger partial charge in [0.25, 0.3) is 5.91 Å². The highest BCUT2D eigenvalue weighted by atomic mass is 16.5. The predicted molar refractivity (Wildman–Crippen MR) is 99.2 cm³/mol. The SMILES string of the molecule is O=C(NC1C2CC3CC(C2)CC1C3)c1cccc(OCC2CCCO2)c1. The van der Waals surface area contributed by atoms with Gasteiger partial charge >= 0.3 is 0 Å². The third-order valence-corrected chi connectivity index (χ3v) is 7.08. The lowest BCUT2D eigenvalue weighted by Crippen LogP contribution is -2.55. The average molecular weight is 355 g/mol. The second-order valence-electron chi connectivity index (χ2n) is 8.90.